The fraction of sp³-hybridized carbons (Fsp3) is 0.500. The van der Waals surface area contributed by atoms with Crippen LogP contribution in [0.2, 0.25) is 0 Å². The molecule has 1 rings (SSSR count). The van der Waals surface area contributed by atoms with E-state index in [0.29, 0.717) is 0 Å². The van der Waals surface area contributed by atoms with E-state index in [1.807, 2.05) is 0 Å². The molecule has 0 aromatic heterocycles. The number of benzene rings is 1. The van der Waals surface area contributed by atoms with Gasteiger partial charge in [0.2, 0.25) is 0 Å². The molecular formula is C16H17F5O8S. The molecule has 30 heavy (non-hydrogen) atoms. The van der Waals surface area contributed by atoms with Gasteiger partial charge in [0.1, 0.15) is 12.4 Å². The molecule has 0 atom stereocenters. The number of methoxy groups -OCH3 is 2. The van der Waals surface area contributed by atoms with E-state index in [1.165, 1.54) is 12.1 Å². The summed E-state index contributed by atoms with van der Waals surface area (Å²) in [5, 5.41) is 0. The van der Waals surface area contributed by atoms with Crippen LogP contribution in [0.1, 0.15) is 33.6 Å². The smallest absolute Gasteiger partial charge is 0.494 e. The molecule has 0 spiro atoms. The van der Waals surface area contributed by atoms with Crippen LogP contribution in [0.25, 0.3) is 0 Å². The Hall–Kier alpha value is -2.48. The predicted molar refractivity (Wildman–Crippen MR) is 89.7 cm³/mol. The van der Waals surface area contributed by atoms with Crippen LogP contribution in [0.5, 0.6) is 5.75 Å². The molecule has 170 valence electrons. The average molecular weight is 464 g/mol. The van der Waals surface area contributed by atoms with E-state index >= 15 is 0 Å². The molecule has 0 N–H and O–H groups in total. The number of ether oxygens (including phenoxy) is 3. The van der Waals surface area contributed by atoms with E-state index in [2.05, 4.69) is 13.7 Å². The molecular weight excluding hydrogens is 447 g/mol. The Morgan fingerprint density at radius 2 is 1.53 bits per heavy atom. The van der Waals surface area contributed by atoms with Crippen LogP contribution in [0.3, 0.4) is 0 Å². The van der Waals surface area contributed by atoms with E-state index < -0.39 is 52.9 Å². The zero-order valence-electron chi connectivity index (χ0n) is 15.6. The summed E-state index contributed by atoms with van der Waals surface area (Å²) >= 11 is 0. The number of hydrogen-bond acceptors (Lipinski definition) is 8. The van der Waals surface area contributed by atoms with Crippen LogP contribution in [0.4, 0.5) is 22.0 Å². The van der Waals surface area contributed by atoms with Gasteiger partial charge in [-0.15, -0.1) is 0 Å². The maximum Gasteiger partial charge on any atom is 0.523 e. The van der Waals surface area contributed by atoms with Crippen LogP contribution < -0.4 is 4.74 Å². The summed E-state index contributed by atoms with van der Waals surface area (Å²) in [4.78, 5) is 23.4. The van der Waals surface area contributed by atoms with Crippen molar-refractivity contribution in [1.82, 2.24) is 0 Å². The van der Waals surface area contributed by atoms with E-state index in [4.69, 9.17) is 4.74 Å². The van der Waals surface area contributed by atoms with E-state index in [1.54, 1.807) is 0 Å². The molecule has 0 fully saturated rings. The third-order valence-electron chi connectivity index (χ3n) is 3.47. The Morgan fingerprint density at radius 3 is 2.07 bits per heavy atom. The molecule has 0 aliphatic carbocycles. The molecule has 0 aliphatic rings. The summed E-state index contributed by atoms with van der Waals surface area (Å²) < 4.78 is 102. The molecule has 0 radical (unpaired) electrons. The Morgan fingerprint density at radius 1 is 0.967 bits per heavy atom. The molecule has 0 saturated heterocycles. The highest BCUT2D eigenvalue weighted by molar-refractivity contribution is 7.87. The molecule has 14 heteroatoms. The van der Waals surface area contributed by atoms with Gasteiger partial charge in [0, 0.05) is 6.42 Å². The van der Waals surface area contributed by atoms with Crippen LogP contribution in [-0.4, -0.2) is 59.2 Å². The van der Waals surface area contributed by atoms with Gasteiger partial charge in [-0.05, 0) is 24.6 Å². The number of rotatable bonds is 10. The summed E-state index contributed by atoms with van der Waals surface area (Å²) in [5.41, 5.74) is -6.12. The van der Waals surface area contributed by atoms with Gasteiger partial charge in [-0.3, -0.25) is 4.18 Å². The lowest BCUT2D eigenvalue weighted by atomic mass is 10.1. The van der Waals surface area contributed by atoms with Crippen molar-refractivity contribution in [2.45, 2.75) is 24.3 Å². The topological polar surface area (TPSA) is 105 Å². The highest BCUT2D eigenvalue weighted by Crippen LogP contribution is 2.28. The molecule has 8 nitrogen and oxygen atoms in total. The lowest BCUT2D eigenvalue weighted by Gasteiger charge is -2.17. The Kier molecular flexibility index (Phi) is 8.53. The maximum absolute atomic E-state index is 13.5. The zero-order valence-corrected chi connectivity index (χ0v) is 16.4. The largest absolute Gasteiger partial charge is 0.523 e. The Balaban J connectivity index is 2.67. The molecule has 0 unspecified atom stereocenters. The average Bonchev–Trinajstić information content (AvgIpc) is 2.67. The van der Waals surface area contributed by atoms with Crippen molar-refractivity contribution in [2.75, 3.05) is 27.4 Å². The summed E-state index contributed by atoms with van der Waals surface area (Å²) in [6, 6.07) is 3.57. The molecule has 1 aromatic carbocycles. The van der Waals surface area contributed by atoms with Crippen molar-refractivity contribution in [1.29, 1.82) is 0 Å². The first-order chi connectivity index (χ1) is 13.7. The van der Waals surface area contributed by atoms with E-state index in [-0.39, 0.29) is 23.5 Å². The standard InChI is InChI=1S/C16H17F5O8S/c1-26-13(22)11-5-4-10(8-12(11)14(23)27-2)28-7-3-6-15(17,18)9-29-30(24,25)16(19,20)21/h4-5,8H,3,6-7,9H2,1-2H3. The SMILES string of the molecule is COC(=O)c1ccc(OCCCC(F)(F)COS(=O)(=O)C(F)(F)F)cc1C(=O)OC. The monoisotopic (exact) mass is 464 g/mol. The van der Waals surface area contributed by atoms with Gasteiger partial charge in [-0.2, -0.15) is 21.6 Å². The lowest BCUT2D eigenvalue weighted by Crippen LogP contribution is -2.32. The Labute approximate surface area is 168 Å². The number of halogens is 5. The number of hydrogen-bond donors (Lipinski definition) is 0. The summed E-state index contributed by atoms with van der Waals surface area (Å²) in [5.74, 6) is -5.55. The summed E-state index contributed by atoms with van der Waals surface area (Å²) in [6.45, 7) is -2.34. The summed E-state index contributed by atoms with van der Waals surface area (Å²) in [7, 11) is -3.96. The van der Waals surface area contributed by atoms with Gasteiger partial charge in [0.05, 0.1) is 32.0 Å². The minimum absolute atomic E-state index is 0.0160. The third kappa shape index (κ3) is 7.09. The lowest BCUT2D eigenvalue weighted by molar-refractivity contribution is -0.0757. The highest BCUT2D eigenvalue weighted by Gasteiger charge is 2.49. The first kappa shape index (κ1) is 25.6. The first-order valence-corrected chi connectivity index (χ1v) is 9.42. The fourth-order valence-corrected chi connectivity index (χ4v) is 2.46. The van der Waals surface area contributed by atoms with Crippen molar-refractivity contribution in [3.05, 3.63) is 29.3 Å². The van der Waals surface area contributed by atoms with Crippen molar-refractivity contribution < 1.29 is 58.4 Å². The number of carbonyl (C=O) groups excluding carboxylic acids is 2. The number of alkyl halides is 5. The number of esters is 2. The molecule has 0 bridgehead atoms. The van der Waals surface area contributed by atoms with E-state index in [0.717, 1.165) is 20.3 Å². The van der Waals surface area contributed by atoms with Crippen molar-refractivity contribution in [3.8, 4) is 5.75 Å². The van der Waals surface area contributed by atoms with Crippen LogP contribution >= 0.6 is 0 Å². The molecule has 0 saturated carbocycles. The van der Waals surface area contributed by atoms with Crippen molar-refractivity contribution >= 4 is 22.1 Å². The van der Waals surface area contributed by atoms with Crippen molar-refractivity contribution in [2.24, 2.45) is 0 Å². The van der Waals surface area contributed by atoms with Gasteiger partial charge in [0.15, 0.2) is 0 Å². The second-order valence-corrected chi connectivity index (χ2v) is 7.27. The quantitative estimate of drug-likeness (QED) is 0.171. The van der Waals surface area contributed by atoms with Crippen molar-refractivity contribution in [3.63, 3.8) is 0 Å². The number of carbonyl (C=O) groups is 2. The highest BCUT2D eigenvalue weighted by atomic mass is 32.2. The van der Waals surface area contributed by atoms with Gasteiger partial charge in [0.25, 0.3) is 5.92 Å². The minimum atomic E-state index is -6.13. The predicted octanol–water partition coefficient (Wildman–Crippen LogP) is 2.92. The van der Waals surface area contributed by atoms with Crippen LogP contribution in [-0.2, 0) is 23.8 Å². The molecule has 0 aliphatic heterocycles. The summed E-state index contributed by atoms with van der Waals surface area (Å²) in [6.07, 6.45) is -1.43. The van der Waals surface area contributed by atoms with Gasteiger partial charge in [-0.25, -0.2) is 18.4 Å². The molecule has 0 amide bonds. The fourth-order valence-electron chi connectivity index (χ4n) is 2.00. The van der Waals surface area contributed by atoms with E-state index in [9.17, 15) is 40.0 Å². The first-order valence-electron chi connectivity index (χ1n) is 8.01. The minimum Gasteiger partial charge on any atom is -0.494 e. The van der Waals surface area contributed by atoms with Gasteiger partial charge in [-0.1, -0.05) is 0 Å². The van der Waals surface area contributed by atoms with Gasteiger partial charge >= 0.3 is 27.6 Å². The maximum atomic E-state index is 13.5. The normalized spacial score (nSPS) is 12.4. The van der Waals surface area contributed by atoms with Crippen LogP contribution in [0, 0.1) is 0 Å². The second kappa shape index (κ2) is 10.0. The Bertz CT molecular complexity index is 867. The van der Waals surface area contributed by atoms with Gasteiger partial charge < -0.3 is 14.2 Å². The van der Waals surface area contributed by atoms with Crippen LogP contribution in [0.15, 0.2) is 18.2 Å². The molecule has 0 heterocycles. The second-order valence-electron chi connectivity index (χ2n) is 5.66. The molecule has 1 aromatic rings. The third-order valence-corrected chi connectivity index (χ3v) is 4.46. The zero-order chi connectivity index (χ0) is 23.2.